The summed E-state index contributed by atoms with van der Waals surface area (Å²) in [6.45, 7) is 3.85. The summed E-state index contributed by atoms with van der Waals surface area (Å²) in [4.78, 5) is 11.1. The van der Waals surface area contributed by atoms with Crippen LogP contribution in [0.5, 0.6) is 0 Å². The van der Waals surface area contributed by atoms with Crippen LogP contribution in [-0.4, -0.2) is 49.1 Å². The molecule has 0 amide bonds. The van der Waals surface area contributed by atoms with Crippen LogP contribution in [0, 0.1) is 0 Å². The van der Waals surface area contributed by atoms with Gasteiger partial charge in [-0.3, -0.25) is 4.79 Å². The monoisotopic (exact) mass is 271 g/mol. The Morgan fingerprint density at radius 3 is 2.89 bits per heavy atom. The number of aliphatic carboxylic acids is 1. The van der Waals surface area contributed by atoms with Crippen LogP contribution in [0.4, 0.5) is 0 Å². The predicted octanol–water partition coefficient (Wildman–Crippen LogP) is 0.551. The zero-order valence-electron chi connectivity index (χ0n) is 10.4. The third-order valence-electron chi connectivity index (χ3n) is 2.57. The highest BCUT2D eigenvalue weighted by atomic mass is 32.2. The van der Waals surface area contributed by atoms with E-state index < -0.39 is 12.0 Å². The van der Waals surface area contributed by atoms with Crippen LogP contribution >= 0.6 is 11.8 Å². The molecule has 0 radical (unpaired) electrons. The van der Waals surface area contributed by atoms with E-state index in [9.17, 15) is 4.79 Å². The number of nitrogens with zero attached hydrogens (tertiary/aromatic N) is 4. The van der Waals surface area contributed by atoms with E-state index in [4.69, 9.17) is 5.11 Å². The maximum atomic E-state index is 11.1. The van der Waals surface area contributed by atoms with Gasteiger partial charge in [0, 0.05) is 11.8 Å². The topological polar surface area (TPSA) is 92.9 Å². The highest BCUT2D eigenvalue weighted by molar-refractivity contribution is 7.99. The lowest BCUT2D eigenvalue weighted by Crippen LogP contribution is -2.42. The van der Waals surface area contributed by atoms with Crippen LogP contribution < -0.4 is 5.32 Å². The molecule has 0 saturated heterocycles. The van der Waals surface area contributed by atoms with Crippen molar-refractivity contribution in [3.63, 3.8) is 0 Å². The number of carboxylic acids is 1. The molecule has 1 unspecified atom stereocenters. The third-order valence-corrected chi connectivity index (χ3v) is 3.59. The molecule has 1 aliphatic carbocycles. The van der Waals surface area contributed by atoms with Gasteiger partial charge in [-0.1, -0.05) is 25.6 Å². The van der Waals surface area contributed by atoms with Gasteiger partial charge in [-0.15, -0.1) is 5.10 Å². The minimum Gasteiger partial charge on any atom is -0.480 e. The maximum absolute atomic E-state index is 11.1. The smallest absolute Gasteiger partial charge is 0.321 e. The summed E-state index contributed by atoms with van der Waals surface area (Å²) >= 11 is 1.38. The number of carboxylic acid groups (broad SMARTS) is 1. The summed E-state index contributed by atoms with van der Waals surface area (Å²) in [6.07, 6.45) is 2.20. The van der Waals surface area contributed by atoms with Crippen molar-refractivity contribution in [2.75, 3.05) is 5.75 Å². The second-order valence-electron chi connectivity index (χ2n) is 4.66. The Labute approximate surface area is 109 Å². The van der Waals surface area contributed by atoms with Gasteiger partial charge in [0.05, 0.1) is 6.04 Å². The Morgan fingerprint density at radius 2 is 2.33 bits per heavy atom. The SMILES string of the molecule is CC(C)NC(CSc1nnnn1C1CC1)C(=O)O. The third kappa shape index (κ3) is 3.42. The second-order valence-corrected chi connectivity index (χ2v) is 5.65. The molecule has 1 saturated carbocycles. The molecule has 1 atom stereocenters. The molecule has 1 heterocycles. The molecule has 8 heteroatoms. The van der Waals surface area contributed by atoms with Crippen molar-refractivity contribution in [2.24, 2.45) is 0 Å². The van der Waals surface area contributed by atoms with Crippen LogP contribution in [-0.2, 0) is 4.79 Å². The van der Waals surface area contributed by atoms with Gasteiger partial charge < -0.3 is 10.4 Å². The lowest BCUT2D eigenvalue weighted by Gasteiger charge is -2.16. The molecular formula is C10H17N5O2S. The average molecular weight is 271 g/mol. The highest BCUT2D eigenvalue weighted by Gasteiger charge is 2.28. The molecule has 2 N–H and O–H groups in total. The first kappa shape index (κ1) is 13.3. The molecule has 7 nitrogen and oxygen atoms in total. The fraction of sp³-hybridized carbons (Fsp3) is 0.800. The number of tetrazole rings is 1. The Kier molecular flexibility index (Phi) is 4.18. The number of carbonyl (C=O) groups is 1. The summed E-state index contributed by atoms with van der Waals surface area (Å²) in [6, 6.07) is -0.0469. The fourth-order valence-corrected chi connectivity index (χ4v) is 2.55. The number of nitrogens with one attached hydrogen (secondary N) is 1. The molecule has 2 rings (SSSR count). The highest BCUT2D eigenvalue weighted by Crippen LogP contribution is 2.36. The lowest BCUT2D eigenvalue weighted by atomic mass is 10.3. The molecule has 1 fully saturated rings. The quantitative estimate of drug-likeness (QED) is 0.699. The van der Waals surface area contributed by atoms with Crippen molar-refractivity contribution >= 4 is 17.7 Å². The van der Waals surface area contributed by atoms with Gasteiger partial charge in [-0.25, -0.2) is 4.68 Å². The van der Waals surface area contributed by atoms with Crippen LogP contribution in [0.2, 0.25) is 0 Å². The molecule has 100 valence electrons. The molecule has 1 aromatic heterocycles. The van der Waals surface area contributed by atoms with Gasteiger partial charge in [0.15, 0.2) is 0 Å². The molecule has 0 aromatic carbocycles. The van der Waals surface area contributed by atoms with Crippen LogP contribution in [0.1, 0.15) is 32.7 Å². The van der Waals surface area contributed by atoms with Gasteiger partial charge in [-0.2, -0.15) is 0 Å². The van der Waals surface area contributed by atoms with Crippen molar-refractivity contribution < 1.29 is 9.90 Å². The molecule has 0 aliphatic heterocycles. The minimum absolute atomic E-state index is 0.131. The van der Waals surface area contributed by atoms with Crippen molar-refractivity contribution in [3.05, 3.63) is 0 Å². The number of hydrogen-bond acceptors (Lipinski definition) is 6. The van der Waals surface area contributed by atoms with Gasteiger partial charge in [0.25, 0.3) is 0 Å². The zero-order chi connectivity index (χ0) is 13.1. The Bertz CT molecular complexity index is 418. The van der Waals surface area contributed by atoms with Crippen molar-refractivity contribution in [2.45, 2.75) is 50.0 Å². The van der Waals surface area contributed by atoms with Crippen LogP contribution in [0.25, 0.3) is 0 Å². The maximum Gasteiger partial charge on any atom is 0.321 e. The van der Waals surface area contributed by atoms with Crippen molar-refractivity contribution in [1.29, 1.82) is 0 Å². The lowest BCUT2D eigenvalue weighted by molar-refractivity contribution is -0.139. The number of thioether (sulfide) groups is 1. The van der Waals surface area contributed by atoms with Crippen LogP contribution in [0.15, 0.2) is 5.16 Å². The van der Waals surface area contributed by atoms with E-state index in [1.54, 1.807) is 4.68 Å². The summed E-state index contributed by atoms with van der Waals surface area (Å²) in [5, 5.41) is 24.3. The first-order valence-corrected chi connectivity index (χ1v) is 6.96. The Balaban J connectivity index is 1.91. The van der Waals surface area contributed by atoms with E-state index in [1.807, 2.05) is 13.8 Å². The molecule has 1 aromatic rings. The van der Waals surface area contributed by atoms with Crippen molar-refractivity contribution in [1.82, 2.24) is 25.5 Å². The van der Waals surface area contributed by atoms with Gasteiger partial charge in [-0.05, 0) is 23.3 Å². The molecule has 0 spiro atoms. The van der Waals surface area contributed by atoms with Gasteiger partial charge >= 0.3 is 5.97 Å². The minimum atomic E-state index is -0.846. The number of aromatic nitrogens is 4. The Hall–Kier alpha value is -1.15. The number of hydrogen-bond donors (Lipinski definition) is 2. The second kappa shape index (κ2) is 5.66. The average Bonchev–Trinajstić information content (AvgIpc) is 3.03. The first-order valence-electron chi connectivity index (χ1n) is 5.97. The van der Waals surface area contributed by atoms with Crippen LogP contribution in [0.3, 0.4) is 0 Å². The predicted molar refractivity (Wildman–Crippen MR) is 66.5 cm³/mol. The van der Waals surface area contributed by atoms with E-state index in [2.05, 4.69) is 20.8 Å². The summed E-state index contributed by atoms with van der Waals surface area (Å²) in [5.41, 5.74) is 0. The van der Waals surface area contributed by atoms with Gasteiger partial charge in [0.2, 0.25) is 5.16 Å². The molecule has 1 aliphatic rings. The fourth-order valence-electron chi connectivity index (χ4n) is 1.58. The zero-order valence-corrected chi connectivity index (χ0v) is 11.2. The van der Waals surface area contributed by atoms with Crippen molar-refractivity contribution in [3.8, 4) is 0 Å². The summed E-state index contributed by atoms with van der Waals surface area (Å²) in [5.74, 6) is -0.428. The summed E-state index contributed by atoms with van der Waals surface area (Å²) < 4.78 is 1.79. The van der Waals surface area contributed by atoms with E-state index in [1.165, 1.54) is 11.8 Å². The normalized spacial score (nSPS) is 17.1. The van der Waals surface area contributed by atoms with E-state index in [-0.39, 0.29) is 6.04 Å². The molecular weight excluding hydrogens is 254 g/mol. The van der Waals surface area contributed by atoms with E-state index >= 15 is 0 Å². The standard InChI is InChI=1S/C10H17N5O2S/c1-6(2)11-8(9(16)17)5-18-10-12-13-14-15(10)7-3-4-7/h6-8,11H,3-5H2,1-2H3,(H,16,17). The summed E-state index contributed by atoms with van der Waals surface area (Å²) in [7, 11) is 0. The molecule has 0 bridgehead atoms. The van der Waals surface area contributed by atoms with E-state index in [0.717, 1.165) is 12.8 Å². The molecule has 18 heavy (non-hydrogen) atoms. The largest absolute Gasteiger partial charge is 0.480 e. The van der Waals surface area contributed by atoms with E-state index in [0.29, 0.717) is 17.0 Å². The first-order chi connectivity index (χ1) is 8.58. The Morgan fingerprint density at radius 1 is 1.61 bits per heavy atom. The van der Waals surface area contributed by atoms with Gasteiger partial charge in [0.1, 0.15) is 6.04 Å². The number of rotatable bonds is 7.